The number of carbonyl (C=O) groups excluding carboxylic acids is 2. The van der Waals surface area contributed by atoms with E-state index in [1.165, 1.54) is 0 Å². The molecule has 0 spiro atoms. The van der Waals surface area contributed by atoms with Crippen LogP contribution in [0.3, 0.4) is 0 Å². The molecule has 0 aromatic rings. The Hall–Kier alpha value is -1.74. The van der Waals surface area contributed by atoms with Gasteiger partial charge in [-0.3, -0.25) is 9.63 Å². The summed E-state index contributed by atoms with van der Waals surface area (Å²) in [4.78, 5) is 26.8. The van der Waals surface area contributed by atoms with E-state index in [4.69, 9.17) is 4.74 Å². The molecule has 0 bridgehead atoms. The van der Waals surface area contributed by atoms with E-state index in [0.29, 0.717) is 0 Å². The third kappa shape index (κ3) is 10.5. The topological polar surface area (TPSA) is 76.7 Å². The molecule has 6 heteroatoms. The zero-order valence-electron chi connectivity index (χ0n) is 10.5. The molecule has 6 nitrogen and oxygen atoms in total. The summed E-state index contributed by atoms with van der Waals surface area (Å²) in [6, 6.07) is 0. The molecule has 2 amide bonds. The normalized spacial score (nSPS) is 9.88. The van der Waals surface area contributed by atoms with E-state index in [1.54, 1.807) is 27.7 Å². The molecule has 2 N–H and O–H groups in total. The predicted octanol–water partition coefficient (Wildman–Crippen LogP) is 0.582. The first-order chi connectivity index (χ1) is 7.85. The molecule has 0 unspecified atom stereocenters. The minimum absolute atomic E-state index is 0.255. The second kappa shape index (κ2) is 7.52. The van der Waals surface area contributed by atoms with Crippen LogP contribution in [0, 0.1) is 11.8 Å². The molecule has 0 aromatic heterocycles. The lowest BCUT2D eigenvalue weighted by Gasteiger charge is -2.19. The Kier molecular flexibility index (Phi) is 6.75. The van der Waals surface area contributed by atoms with Crippen molar-refractivity contribution in [3.63, 3.8) is 0 Å². The first-order valence-electron chi connectivity index (χ1n) is 5.12. The Bertz CT molecular complexity index is 323. The molecule has 96 valence electrons. The highest BCUT2D eigenvalue weighted by atomic mass is 16.7. The molecule has 0 aliphatic heterocycles. The zero-order chi connectivity index (χ0) is 13.3. The summed E-state index contributed by atoms with van der Waals surface area (Å²) < 4.78 is 4.89. The van der Waals surface area contributed by atoms with Gasteiger partial charge in [0.15, 0.2) is 6.61 Å². The van der Waals surface area contributed by atoms with Gasteiger partial charge in [-0.15, -0.1) is 5.92 Å². The van der Waals surface area contributed by atoms with Crippen molar-refractivity contribution >= 4 is 12.0 Å². The Morgan fingerprint density at radius 1 is 1.29 bits per heavy atom. The van der Waals surface area contributed by atoms with E-state index in [2.05, 4.69) is 22.0 Å². The Morgan fingerprint density at radius 2 is 1.94 bits per heavy atom. The van der Waals surface area contributed by atoms with Crippen LogP contribution in [0.25, 0.3) is 0 Å². The highest BCUT2D eigenvalue weighted by Gasteiger charge is 2.16. The first-order valence-corrected chi connectivity index (χ1v) is 5.12. The minimum atomic E-state index is -0.737. The lowest BCUT2D eigenvalue weighted by molar-refractivity contribution is -0.127. The van der Waals surface area contributed by atoms with E-state index in [0.717, 1.165) is 0 Å². The molecule has 0 saturated heterocycles. The molecule has 0 heterocycles. The van der Waals surface area contributed by atoms with Crippen LogP contribution in [0.4, 0.5) is 4.79 Å². The second-order valence-corrected chi connectivity index (χ2v) is 4.10. The molecule has 0 aliphatic rings. The molecule has 0 aromatic carbocycles. The SMILES string of the molecule is CC#CCNC(=O)CONC(=O)OC(C)(C)C. The van der Waals surface area contributed by atoms with Crippen LogP contribution in [0.1, 0.15) is 27.7 Å². The number of nitrogens with one attached hydrogen (secondary N) is 2. The molecule has 17 heavy (non-hydrogen) atoms. The van der Waals surface area contributed by atoms with E-state index < -0.39 is 11.7 Å². The molecule has 0 fully saturated rings. The number of hydrogen-bond donors (Lipinski definition) is 2. The van der Waals surface area contributed by atoms with Gasteiger partial charge in [0.25, 0.3) is 0 Å². The van der Waals surface area contributed by atoms with Crippen molar-refractivity contribution in [3.8, 4) is 11.8 Å². The van der Waals surface area contributed by atoms with Gasteiger partial charge in [0.05, 0.1) is 6.54 Å². The van der Waals surface area contributed by atoms with Crippen LogP contribution in [-0.4, -0.2) is 30.8 Å². The number of amides is 2. The maximum absolute atomic E-state index is 11.1. The fourth-order valence-corrected chi connectivity index (χ4v) is 0.742. The molecular weight excluding hydrogens is 224 g/mol. The van der Waals surface area contributed by atoms with E-state index >= 15 is 0 Å². The summed E-state index contributed by atoms with van der Waals surface area (Å²) in [6.45, 7) is 6.82. The largest absolute Gasteiger partial charge is 0.442 e. The molecule has 0 rings (SSSR count). The van der Waals surface area contributed by atoms with E-state index in [1.807, 2.05) is 5.48 Å². The van der Waals surface area contributed by atoms with Crippen molar-refractivity contribution in [1.82, 2.24) is 10.8 Å². The molecule has 0 radical (unpaired) electrons. The fraction of sp³-hybridized carbons (Fsp3) is 0.636. The van der Waals surface area contributed by atoms with Crippen LogP contribution < -0.4 is 10.8 Å². The maximum Gasteiger partial charge on any atom is 0.431 e. The van der Waals surface area contributed by atoms with Gasteiger partial charge in [-0.1, -0.05) is 5.92 Å². The van der Waals surface area contributed by atoms with Crippen molar-refractivity contribution in [2.24, 2.45) is 0 Å². The highest BCUT2D eigenvalue weighted by Crippen LogP contribution is 2.06. The van der Waals surface area contributed by atoms with Crippen molar-refractivity contribution in [1.29, 1.82) is 0 Å². The van der Waals surface area contributed by atoms with Crippen LogP contribution in [-0.2, 0) is 14.4 Å². The molecule has 0 atom stereocenters. The number of hydroxylamine groups is 1. The van der Waals surface area contributed by atoms with Crippen molar-refractivity contribution in [2.75, 3.05) is 13.2 Å². The lowest BCUT2D eigenvalue weighted by Crippen LogP contribution is -2.36. The van der Waals surface area contributed by atoms with Gasteiger partial charge in [0.2, 0.25) is 5.91 Å². The van der Waals surface area contributed by atoms with E-state index in [9.17, 15) is 9.59 Å². The lowest BCUT2D eigenvalue weighted by atomic mass is 10.2. The summed E-state index contributed by atoms with van der Waals surface area (Å²) in [5.41, 5.74) is 1.40. The third-order valence-corrected chi connectivity index (χ3v) is 1.31. The maximum atomic E-state index is 11.1. The fourth-order valence-electron chi connectivity index (χ4n) is 0.742. The minimum Gasteiger partial charge on any atom is -0.442 e. The molecular formula is C11H18N2O4. The second-order valence-electron chi connectivity index (χ2n) is 4.10. The predicted molar refractivity (Wildman–Crippen MR) is 61.8 cm³/mol. The average molecular weight is 242 g/mol. The summed E-state index contributed by atoms with van der Waals surface area (Å²) in [5.74, 6) is 4.92. The summed E-state index contributed by atoms with van der Waals surface area (Å²) in [5, 5.41) is 2.48. The summed E-state index contributed by atoms with van der Waals surface area (Å²) >= 11 is 0. The number of carbonyl (C=O) groups is 2. The summed E-state index contributed by atoms with van der Waals surface area (Å²) in [6.07, 6.45) is -0.737. The third-order valence-electron chi connectivity index (χ3n) is 1.31. The molecule has 0 saturated carbocycles. The van der Waals surface area contributed by atoms with Gasteiger partial charge in [-0.25, -0.2) is 4.79 Å². The standard InChI is InChI=1S/C11H18N2O4/c1-5-6-7-12-9(14)8-16-13-10(15)17-11(2,3)4/h7-8H2,1-4H3,(H,12,14)(H,13,15). The first kappa shape index (κ1) is 15.3. The Balaban J connectivity index is 3.65. The highest BCUT2D eigenvalue weighted by molar-refractivity contribution is 5.77. The number of ether oxygens (including phenoxy) is 1. The van der Waals surface area contributed by atoms with Crippen LogP contribution in [0.5, 0.6) is 0 Å². The van der Waals surface area contributed by atoms with Crippen LogP contribution >= 0.6 is 0 Å². The van der Waals surface area contributed by atoms with Crippen molar-refractivity contribution in [2.45, 2.75) is 33.3 Å². The number of hydrogen-bond acceptors (Lipinski definition) is 4. The van der Waals surface area contributed by atoms with Gasteiger partial charge < -0.3 is 10.1 Å². The average Bonchev–Trinajstić information content (AvgIpc) is 2.15. The van der Waals surface area contributed by atoms with E-state index in [-0.39, 0.29) is 19.1 Å². The van der Waals surface area contributed by atoms with Crippen LogP contribution in [0.15, 0.2) is 0 Å². The van der Waals surface area contributed by atoms with Crippen molar-refractivity contribution in [3.05, 3.63) is 0 Å². The quantitative estimate of drug-likeness (QED) is 0.558. The number of rotatable bonds is 4. The summed E-state index contributed by atoms with van der Waals surface area (Å²) in [7, 11) is 0. The van der Waals surface area contributed by atoms with Crippen LogP contribution in [0.2, 0.25) is 0 Å². The van der Waals surface area contributed by atoms with Crippen molar-refractivity contribution < 1.29 is 19.2 Å². The van der Waals surface area contributed by atoms with Gasteiger partial charge in [-0.2, -0.15) is 5.48 Å². The van der Waals surface area contributed by atoms with Gasteiger partial charge >= 0.3 is 6.09 Å². The monoisotopic (exact) mass is 242 g/mol. The molecule has 0 aliphatic carbocycles. The van der Waals surface area contributed by atoms with Gasteiger partial charge in [0.1, 0.15) is 5.60 Å². The Morgan fingerprint density at radius 3 is 2.47 bits per heavy atom. The van der Waals surface area contributed by atoms with Gasteiger partial charge in [0, 0.05) is 0 Å². The Labute approximate surface area is 101 Å². The smallest absolute Gasteiger partial charge is 0.431 e. The zero-order valence-corrected chi connectivity index (χ0v) is 10.5. The van der Waals surface area contributed by atoms with Gasteiger partial charge in [-0.05, 0) is 27.7 Å².